The summed E-state index contributed by atoms with van der Waals surface area (Å²) in [6.45, 7) is 2.65. The van der Waals surface area contributed by atoms with Gasteiger partial charge in [-0.2, -0.15) is 0 Å². The second-order valence-corrected chi connectivity index (χ2v) is 7.94. The van der Waals surface area contributed by atoms with Crippen molar-refractivity contribution < 1.29 is 26.8 Å². The van der Waals surface area contributed by atoms with Crippen LogP contribution in [0.5, 0.6) is 0 Å². The van der Waals surface area contributed by atoms with Crippen molar-refractivity contribution in [3.63, 3.8) is 0 Å². The zero-order chi connectivity index (χ0) is 21.1. The van der Waals surface area contributed by atoms with Crippen molar-refractivity contribution in [3.05, 3.63) is 54.1 Å². The van der Waals surface area contributed by atoms with Crippen molar-refractivity contribution in [3.8, 4) is 0 Å². The highest BCUT2D eigenvalue weighted by Crippen LogP contribution is 2.24. The van der Waals surface area contributed by atoms with Gasteiger partial charge in [0, 0.05) is 24.4 Å². The zero-order valence-electron chi connectivity index (χ0n) is 15.4. The van der Waals surface area contributed by atoms with Crippen LogP contribution in [0.1, 0.15) is 13.8 Å². The number of hydrogen-bond donors (Lipinski definition) is 2. The quantitative estimate of drug-likeness (QED) is 0.764. The smallest absolute Gasteiger partial charge is 0.247 e. The Labute approximate surface area is 161 Å². The maximum Gasteiger partial charge on any atom is 0.247 e. The summed E-state index contributed by atoms with van der Waals surface area (Å²) >= 11 is 0. The number of amides is 2. The van der Waals surface area contributed by atoms with Crippen LogP contribution in [0.15, 0.2) is 42.5 Å². The normalized spacial score (nSPS) is 12.2. The van der Waals surface area contributed by atoms with Crippen LogP contribution in [0.25, 0.3) is 0 Å². The monoisotopic (exact) mass is 411 g/mol. The SMILES string of the molecule is CC(=O)Nc1cccc(NC(=O)[C@@H](C)N(c2ccc(F)c(F)c2)S(C)(=O)=O)c1. The third-order valence-electron chi connectivity index (χ3n) is 3.70. The lowest BCUT2D eigenvalue weighted by atomic mass is 10.2. The fraction of sp³-hybridized carbons (Fsp3) is 0.222. The number of nitrogens with zero attached hydrogens (tertiary/aromatic N) is 1. The minimum absolute atomic E-state index is 0.184. The van der Waals surface area contributed by atoms with Gasteiger partial charge in [0.05, 0.1) is 11.9 Å². The van der Waals surface area contributed by atoms with Crippen molar-refractivity contribution >= 4 is 38.9 Å². The second kappa shape index (κ2) is 8.34. The molecule has 7 nitrogen and oxygen atoms in total. The molecule has 0 radical (unpaired) electrons. The van der Waals surface area contributed by atoms with E-state index in [0.29, 0.717) is 21.7 Å². The summed E-state index contributed by atoms with van der Waals surface area (Å²) in [7, 11) is -3.98. The molecule has 2 amide bonds. The van der Waals surface area contributed by atoms with Gasteiger partial charge in [-0.05, 0) is 37.3 Å². The molecule has 0 spiro atoms. The lowest BCUT2D eigenvalue weighted by Crippen LogP contribution is -2.45. The Morgan fingerprint density at radius 3 is 2.14 bits per heavy atom. The number of carbonyl (C=O) groups is 2. The topological polar surface area (TPSA) is 95.6 Å². The first-order valence-corrected chi connectivity index (χ1v) is 9.97. The average Bonchev–Trinajstić information content (AvgIpc) is 2.56. The molecule has 2 aromatic carbocycles. The van der Waals surface area contributed by atoms with Crippen LogP contribution in [0.3, 0.4) is 0 Å². The second-order valence-electron chi connectivity index (χ2n) is 6.08. The van der Waals surface area contributed by atoms with E-state index in [1.165, 1.54) is 19.9 Å². The van der Waals surface area contributed by atoms with Crippen LogP contribution in [-0.2, 0) is 19.6 Å². The first-order chi connectivity index (χ1) is 13.0. The molecule has 0 unspecified atom stereocenters. The molecule has 0 bridgehead atoms. The largest absolute Gasteiger partial charge is 0.326 e. The van der Waals surface area contributed by atoms with E-state index in [2.05, 4.69) is 10.6 Å². The number of anilines is 3. The van der Waals surface area contributed by atoms with Crippen LogP contribution in [0, 0.1) is 11.6 Å². The van der Waals surface area contributed by atoms with Crippen LogP contribution >= 0.6 is 0 Å². The fourth-order valence-corrected chi connectivity index (χ4v) is 3.72. The van der Waals surface area contributed by atoms with Gasteiger partial charge < -0.3 is 10.6 Å². The number of benzene rings is 2. The van der Waals surface area contributed by atoms with Crippen molar-refractivity contribution in [1.29, 1.82) is 0 Å². The Bertz CT molecular complexity index is 1010. The molecule has 0 aliphatic rings. The molecule has 0 fully saturated rings. The number of carbonyl (C=O) groups excluding carboxylic acids is 2. The van der Waals surface area contributed by atoms with Gasteiger partial charge in [0.2, 0.25) is 21.8 Å². The molecule has 0 aliphatic carbocycles. The van der Waals surface area contributed by atoms with E-state index in [0.717, 1.165) is 18.4 Å². The molecular weight excluding hydrogens is 392 g/mol. The molecule has 150 valence electrons. The first-order valence-electron chi connectivity index (χ1n) is 8.12. The minimum Gasteiger partial charge on any atom is -0.326 e. The molecule has 28 heavy (non-hydrogen) atoms. The molecule has 1 atom stereocenters. The Morgan fingerprint density at radius 2 is 1.61 bits per heavy atom. The predicted octanol–water partition coefficient (Wildman–Crippen LogP) is 2.72. The summed E-state index contributed by atoms with van der Waals surface area (Å²) in [5.41, 5.74) is 0.580. The summed E-state index contributed by atoms with van der Waals surface area (Å²) in [5, 5.41) is 5.10. The Hall–Kier alpha value is -3.01. The zero-order valence-corrected chi connectivity index (χ0v) is 16.2. The summed E-state index contributed by atoms with van der Waals surface area (Å²) in [4.78, 5) is 23.7. The van der Waals surface area contributed by atoms with Gasteiger partial charge in [-0.15, -0.1) is 0 Å². The van der Waals surface area contributed by atoms with Gasteiger partial charge in [0.1, 0.15) is 6.04 Å². The lowest BCUT2D eigenvalue weighted by molar-refractivity contribution is -0.117. The van der Waals surface area contributed by atoms with Gasteiger partial charge in [0.15, 0.2) is 11.6 Å². The van der Waals surface area contributed by atoms with E-state index in [1.807, 2.05) is 0 Å². The Morgan fingerprint density at radius 1 is 1.00 bits per heavy atom. The molecule has 0 saturated carbocycles. The van der Waals surface area contributed by atoms with Crippen molar-refractivity contribution in [2.24, 2.45) is 0 Å². The number of halogens is 2. The summed E-state index contributed by atoms with van der Waals surface area (Å²) in [6.07, 6.45) is 0.857. The molecular formula is C18H19F2N3O4S. The average molecular weight is 411 g/mol. The van der Waals surface area contributed by atoms with E-state index >= 15 is 0 Å². The Kier molecular flexibility index (Phi) is 6.34. The molecule has 0 aromatic heterocycles. The van der Waals surface area contributed by atoms with Crippen LogP contribution in [0.4, 0.5) is 25.8 Å². The molecule has 2 aromatic rings. The van der Waals surface area contributed by atoms with Crippen LogP contribution in [-0.4, -0.2) is 32.5 Å². The molecule has 0 saturated heterocycles. The molecule has 2 N–H and O–H groups in total. The van der Waals surface area contributed by atoms with Gasteiger partial charge >= 0.3 is 0 Å². The van der Waals surface area contributed by atoms with E-state index in [4.69, 9.17) is 0 Å². The van der Waals surface area contributed by atoms with Crippen LogP contribution in [0.2, 0.25) is 0 Å². The predicted molar refractivity (Wildman–Crippen MR) is 103 cm³/mol. The van der Waals surface area contributed by atoms with E-state index in [1.54, 1.807) is 18.2 Å². The first kappa shape index (κ1) is 21.3. The van der Waals surface area contributed by atoms with Crippen LogP contribution < -0.4 is 14.9 Å². The maximum absolute atomic E-state index is 13.6. The van der Waals surface area contributed by atoms with E-state index in [-0.39, 0.29) is 11.6 Å². The summed E-state index contributed by atoms with van der Waals surface area (Å²) < 4.78 is 51.8. The highest BCUT2D eigenvalue weighted by atomic mass is 32.2. The number of nitrogens with one attached hydrogen (secondary N) is 2. The van der Waals surface area contributed by atoms with E-state index < -0.39 is 33.6 Å². The third-order valence-corrected chi connectivity index (χ3v) is 4.94. The third kappa shape index (κ3) is 5.26. The standard InChI is InChI=1S/C18H19F2N3O4S/c1-11(18(25)22-14-6-4-5-13(9-14)21-12(2)24)23(28(3,26)27)15-7-8-16(19)17(20)10-15/h4-11H,1-3H3,(H,21,24)(H,22,25)/t11-/m1/s1. The highest BCUT2D eigenvalue weighted by Gasteiger charge is 2.29. The number of rotatable bonds is 6. The fourth-order valence-electron chi connectivity index (χ4n) is 2.56. The van der Waals surface area contributed by atoms with Crippen molar-refractivity contribution in [2.75, 3.05) is 21.2 Å². The molecule has 10 heteroatoms. The Balaban J connectivity index is 2.29. The van der Waals surface area contributed by atoms with Gasteiger partial charge in [-0.25, -0.2) is 17.2 Å². The highest BCUT2D eigenvalue weighted by molar-refractivity contribution is 7.92. The van der Waals surface area contributed by atoms with Gasteiger partial charge in [0.25, 0.3) is 0 Å². The van der Waals surface area contributed by atoms with Crippen molar-refractivity contribution in [2.45, 2.75) is 19.9 Å². The maximum atomic E-state index is 13.6. The number of sulfonamides is 1. The number of hydrogen-bond acceptors (Lipinski definition) is 4. The van der Waals surface area contributed by atoms with E-state index in [9.17, 15) is 26.8 Å². The lowest BCUT2D eigenvalue weighted by Gasteiger charge is -2.28. The molecule has 0 aliphatic heterocycles. The summed E-state index contributed by atoms with van der Waals surface area (Å²) in [5.74, 6) is -3.36. The summed E-state index contributed by atoms with van der Waals surface area (Å²) in [6, 6.07) is 7.55. The molecule has 0 heterocycles. The van der Waals surface area contributed by atoms with Gasteiger partial charge in [-0.3, -0.25) is 13.9 Å². The van der Waals surface area contributed by atoms with Crippen molar-refractivity contribution in [1.82, 2.24) is 0 Å². The minimum atomic E-state index is -3.98. The van der Waals surface area contributed by atoms with Gasteiger partial charge in [-0.1, -0.05) is 6.07 Å². The molecule has 2 rings (SSSR count).